The van der Waals surface area contributed by atoms with Crippen LogP contribution in [0.1, 0.15) is 24.1 Å². The molecule has 4 aromatic rings. The van der Waals surface area contributed by atoms with Crippen molar-refractivity contribution in [3.8, 4) is 5.75 Å². The van der Waals surface area contributed by atoms with Gasteiger partial charge in [-0.2, -0.15) is 0 Å². The summed E-state index contributed by atoms with van der Waals surface area (Å²) in [6.45, 7) is 2.56. The SMILES string of the molecule is COc1ccc(CNc2nc3ccc(Br)cc3c(=O)n2C(C)c2ccccc2)cc1. The van der Waals surface area contributed by atoms with Gasteiger partial charge in [0.1, 0.15) is 5.75 Å². The lowest BCUT2D eigenvalue weighted by Crippen LogP contribution is -2.28. The second kappa shape index (κ2) is 8.71. The number of fused-ring (bicyclic) bond motifs is 1. The van der Waals surface area contributed by atoms with E-state index in [1.54, 1.807) is 11.7 Å². The van der Waals surface area contributed by atoms with Gasteiger partial charge in [-0.05, 0) is 48.4 Å². The Balaban J connectivity index is 1.78. The van der Waals surface area contributed by atoms with Crippen molar-refractivity contribution >= 4 is 32.8 Å². The van der Waals surface area contributed by atoms with E-state index < -0.39 is 0 Å². The van der Waals surface area contributed by atoms with Crippen molar-refractivity contribution in [3.05, 3.63) is 98.7 Å². The zero-order valence-electron chi connectivity index (χ0n) is 16.8. The van der Waals surface area contributed by atoms with Gasteiger partial charge in [-0.15, -0.1) is 0 Å². The largest absolute Gasteiger partial charge is 0.497 e. The Morgan fingerprint density at radius 3 is 2.50 bits per heavy atom. The van der Waals surface area contributed by atoms with Gasteiger partial charge >= 0.3 is 0 Å². The highest BCUT2D eigenvalue weighted by Crippen LogP contribution is 2.23. The molecule has 1 N–H and O–H groups in total. The van der Waals surface area contributed by atoms with Gasteiger partial charge < -0.3 is 10.1 Å². The number of ether oxygens (including phenoxy) is 1. The molecule has 0 fully saturated rings. The lowest BCUT2D eigenvalue weighted by Gasteiger charge is -2.21. The highest BCUT2D eigenvalue weighted by molar-refractivity contribution is 9.10. The van der Waals surface area contributed by atoms with Crippen molar-refractivity contribution in [2.75, 3.05) is 12.4 Å². The van der Waals surface area contributed by atoms with Crippen molar-refractivity contribution in [1.82, 2.24) is 9.55 Å². The summed E-state index contributed by atoms with van der Waals surface area (Å²) in [5.41, 5.74) is 2.70. The van der Waals surface area contributed by atoms with Crippen LogP contribution in [-0.2, 0) is 6.54 Å². The summed E-state index contributed by atoms with van der Waals surface area (Å²) in [6, 6.07) is 23.2. The maximum absolute atomic E-state index is 13.5. The number of benzene rings is 3. The minimum atomic E-state index is -0.173. The van der Waals surface area contributed by atoms with E-state index >= 15 is 0 Å². The number of methoxy groups -OCH3 is 1. The highest BCUT2D eigenvalue weighted by atomic mass is 79.9. The predicted molar refractivity (Wildman–Crippen MR) is 124 cm³/mol. The Hall–Kier alpha value is -3.12. The van der Waals surface area contributed by atoms with Gasteiger partial charge in [-0.3, -0.25) is 9.36 Å². The van der Waals surface area contributed by atoms with Crippen molar-refractivity contribution in [1.29, 1.82) is 0 Å². The topological polar surface area (TPSA) is 56.1 Å². The smallest absolute Gasteiger partial charge is 0.263 e. The van der Waals surface area contributed by atoms with Gasteiger partial charge in [0, 0.05) is 11.0 Å². The van der Waals surface area contributed by atoms with Crippen molar-refractivity contribution in [2.24, 2.45) is 0 Å². The van der Waals surface area contributed by atoms with Crippen LogP contribution in [0.5, 0.6) is 5.75 Å². The van der Waals surface area contributed by atoms with E-state index in [1.807, 2.05) is 79.7 Å². The second-order valence-corrected chi connectivity index (χ2v) is 7.98. The molecule has 5 nitrogen and oxygen atoms in total. The first-order valence-corrected chi connectivity index (χ1v) is 10.5. The molecule has 1 aromatic heterocycles. The number of hydrogen-bond donors (Lipinski definition) is 1. The molecule has 0 radical (unpaired) electrons. The van der Waals surface area contributed by atoms with Crippen LogP contribution in [0.4, 0.5) is 5.95 Å². The first-order valence-electron chi connectivity index (χ1n) is 9.70. The molecule has 6 heteroatoms. The Kier molecular flexibility index (Phi) is 5.86. The van der Waals surface area contributed by atoms with E-state index in [0.29, 0.717) is 23.4 Å². The van der Waals surface area contributed by atoms with Gasteiger partial charge in [0.25, 0.3) is 5.56 Å². The number of halogens is 1. The number of nitrogens with one attached hydrogen (secondary N) is 1. The number of rotatable bonds is 6. The fourth-order valence-corrected chi connectivity index (χ4v) is 3.82. The van der Waals surface area contributed by atoms with Gasteiger partial charge in [0.2, 0.25) is 5.95 Å². The van der Waals surface area contributed by atoms with Crippen molar-refractivity contribution in [2.45, 2.75) is 19.5 Å². The summed E-state index contributed by atoms with van der Waals surface area (Å²) in [5, 5.41) is 3.95. The lowest BCUT2D eigenvalue weighted by molar-refractivity contribution is 0.414. The van der Waals surface area contributed by atoms with E-state index in [1.165, 1.54) is 0 Å². The molecule has 152 valence electrons. The molecule has 0 saturated carbocycles. The Morgan fingerprint density at radius 2 is 1.80 bits per heavy atom. The zero-order chi connectivity index (χ0) is 21.1. The van der Waals surface area contributed by atoms with E-state index in [4.69, 9.17) is 9.72 Å². The molecular weight excluding hydrogens is 442 g/mol. The Morgan fingerprint density at radius 1 is 1.07 bits per heavy atom. The number of nitrogens with zero attached hydrogens (tertiary/aromatic N) is 2. The first-order chi connectivity index (χ1) is 14.6. The minimum absolute atomic E-state index is 0.0742. The molecule has 0 aliphatic heterocycles. The first kappa shape index (κ1) is 20.2. The summed E-state index contributed by atoms with van der Waals surface area (Å²) >= 11 is 3.46. The van der Waals surface area contributed by atoms with Crippen LogP contribution in [0, 0.1) is 0 Å². The lowest BCUT2D eigenvalue weighted by atomic mass is 10.1. The average Bonchev–Trinajstić information content (AvgIpc) is 2.79. The summed E-state index contributed by atoms with van der Waals surface area (Å²) in [6.07, 6.45) is 0. The molecule has 1 unspecified atom stereocenters. The van der Waals surface area contributed by atoms with Crippen LogP contribution >= 0.6 is 15.9 Å². The van der Waals surface area contributed by atoms with Crippen molar-refractivity contribution in [3.63, 3.8) is 0 Å². The molecule has 0 saturated heterocycles. The maximum Gasteiger partial charge on any atom is 0.263 e. The van der Waals surface area contributed by atoms with Crippen LogP contribution < -0.4 is 15.6 Å². The van der Waals surface area contributed by atoms with E-state index in [2.05, 4.69) is 21.2 Å². The zero-order valence-corrected chi connectivity index (χ0v) is 18.4. The summed E-state index contributed by atoms with van der Waals surface area (Å²) in [7, 11) is 1.65. The number of anilines is 1. The molecule has 1 heterocycles. The monoisotopic (exact) mass is 463 g/mol. The molecule has 30 heavy (non-hydrogen) atoms. The third-order valence-electron chi connectivity index (χ3n) is 5.14. The van der Waals surface area contributed by atoms with E-state index in [0.717, 1.165) is 21.3 Å². The molecule has 0 aliphatic carbocycles. The van der Waals surface area contributed by atoms with Crippen LogP contribution in [0.2, 0.25) is 0 Å². The van der Waals surface area contributed by atoms with Crippen LogP contribution in [0.25, 0.3) is 10.9 Å². The summed E-state index contributed by atoms with van der Waals surface area (Å²) < 4.78 is 7.81. The normalized spacial score (nSPS) is 12.0. The third-order valence-corrected chi connectivity index (χ3v) is 5.63. The van der Waals surface area contributed by atoms with E-state index in [-0.39, 0.29) is 11.6 Å². The van der Waals surface area contributed by atoms with Crippen LogP contribution in [0.15, 0.2) is 82.1 Å². The third kappa shape index (κ3) is 4.09. The van der Waals surface area contributed by atoms with Gasteiger partial charge in [0.15, 0.2) is 0 Å². The van der Waals surface area contributed by atoms with Crippen LogP contribution in [0.3, 0.4) is 0 Å². The fraction of sp³-hybridized carbons (Fsp3) is 0.167. The second-order valence-electron chi connectivity index (χ2n) is 7.06. The predicted octanol–water partition coefficient (Wildman–Crippen LogP) is 5.39. The highest BCUT2D eigenvalue weighted by Gasteiger charge is 2.17. The average molecular weight is 464 g/mol. The fourth-order valence-electron chi connectivity index (χ4n) is 3.46. The quantitative estimate of drug-likeness (QED) is 0.416. The molecular formula is C24H22BrN3O2. The Bertz CT molecular complexity index is 1220. The Labute approximate surface area is 183 Å². The molecule has 4 rings (SSSR count). The number of aromatic nitrogens is 2. The van der Waals surface area contributed by atoms with Gasteiger partial charge in [-0.1, -0.05) is 58.4 Å². The summed E-state index contributed by atoms with van der Waals surface area (Å²) in [5.74, 6) is 1.35. The minimum Gasteiger partial charge on any atom is -0.497 e. The molecule has 0 bridgehead atoms. The van der Waals surface area contributed by atoms with Crippen LogP contribution in [-0.4, -0.2) is 16.7 Å². The molecule has 3 aromatic carbocycles. The molecule has 0 aliphatic rings. The standard InChI is InChI=1S/C24H22BrN3O2/c1-16(18-6-4-3-5-7-18)28-23(29)21-14-19(25)10-13-22(21)27-24(28)26-15-17-8-11-20(30-2)12-9-17/h3-14,16H,15H2,1-2H3,(H,26,27). The molecule has 1 atom stereocenters. The van der Waals surface area contributed by atoms with Gasteiger partial charge in [-0.25, -0.2) is 4.98 Å². The maximum atomic E-state index is 13.5. The summed E-state index contributed by atoms with van der Waals surface area (Å²) in [4.78, 5) is 18.2. The van der Waals surface area contributed by atoms with Gasteiger partial charge in [0.05, 0.1) is 24.1 Å². The molecule has 0 spiro atoms. The van der Waals surface area contributed by atoms with E-state index in [9.17, 15) is 4.79 Å². The molecule has 0 amide bonds. The number of hydrogen-bond acceptors (Lipinski definition) is 4. The van der Waals surface area contributed by atoms with Crippen molar-refractivity contribution < 1.29 is 4.74 Å².